The maximum absolute atomic E-state index is 12.9. The van der Waals surface area contributed by atoms with Crippen LogP contribution in [0.4, 0.5) is 19.0 Å². The molecule has 0 spiro atoms. The lowest BCUT2D eigenvalue weighted by Gasteiger charge is -2.26. The first-order chi connectivity index (χ1) is 10.8. The van der Waals surface area contributed by atoms with Crippen molar-refractivity contribution >= 4 is 5.82 Å². The molecule has 3 heterocycles. The van der Waals surface area contributed by atoms with E-state index in [4.69, 9.17) is 0 Å². The number of rotatable bonds is 3. The highest BCUT2D eigenvalue weighted by Crippen LogP contribution is 2.34. The SMILES string of the molecule is Cc1cnc(C)c(NCc2nnc3n2CC(C(F)(F)F)CC3)n1. The molecule has 1 N–H and O–H groups in total. The van der Waals surface area contributed by atoms with E-state index in [1.54, 1.807) is 10.8 Å². The largest absolute Gasteiger partial charge is 0.393 e. The van der Waals surface area contributed by atoms with Gasteiger partial charge in [0.15, 0.2) is 5.82 Å². The first-order valence-electron chi connectivity index (χ1n) is 7.36. The highest BCUT2D eigenvalue weighted by atomic mass is 19.4. The summed E-state index contributed by atoms with van der Waals surface area (Å²) < 4.78 is 40.4. The molecule has 0 radical (unpaired) electrons. The van der Waals surface area contributed by atoms with Crippen LogP contribution in [0, 0.1) is 19.8 Å². The van der Waals surface area contributed by atoms with Crippen molar-refractivity contribution in [2.24, 2.45) is 5.92 Å². The number of hydrogen-bond donors (Lipinski definition) is 1. The van der Waals surface area contributed by atoms with Crippen LogP contribution in [0.2, 0.25) is 0 Å². The molecule has 2 aromatic heterocycles. The molecule has 0 saturated carbocycles. The Bertz CT molecular complexity index is 709. The Morgan fingerprint density at radius 1 is 1.30 bits per heavy atom. The summed E-state index contributed by atoms with van der Waals surface area (Å²) in [6, 6.07) is 0. The molecule has 0 fully saturated rings. The van der Waals surface area contributed by atoms with Crippen LogP contribution in [-0.2, 0) is 19.5 Å². The summed E-state index contributed by atoms with van der Waals surface area (Å²) in [5.74, 6) is 0.349. The summed E-state index contributed by atoms with van der Waals surface area (Å²) >= 11 is 0. The molecule has 0 aromatic carbocycles. The number of alkyl halides is 3. The second kappa shape index (κ2) is 5.78. The smallest absolute Gasteiger partial charge is 0.361 e. The van der Waals surface area contributed by atoms with Gasteiger partial charge in [-0.25, -0.2) is 4.98 Å². The zero-order valence-electron chi connectivity index (χ0n) is 12.9. The van der Waals surface area contributed by atoms with Gasteiger partial charge in [0, 0.05) is 19.2 Å². The molecular weight excluding hydrogens is 309 g/mol. The third-order valence-corrected chi connectivity index (χ3v) is 3.98. The predicted molar refractivity (Wildman–Crippen MR) is 76.7 cm³/mol. The molecule has 9 heteroatoms. The zero-order valence-corrected chi connectivity index (χ0v) is 12.9. The minimum absolute atomic E-state index is 0.0670. The first-order valence-corrected chi connectivity index (χ1v) is 7.36. The van der Waals surface area contributed by atoms with E-state index >= 15 is 0 Å². The van der Waals surface area contributed by atoms with Crippen molar-refractivity contribution in [3.63, 3.8) is 0 Å². The highest BCUT2D eigenvalue weighted by Gasteiger charge is 2.42. The molecule has 1 aliphatic rings. The molecule has 23 heavy (non-hydrogen) atoms. The van der Waals surface area contributed by atoms with E-state index in [1.807, 2.05) is 13.8 Å². The molecule has 0 bridgehead atoms. The van der Waals surface area contributed by atoms with Crippen LogP contribution in [0.25, 0.3) is 0 Å². The number of anilines is 1. The molecule has 0 aliphatic carbocycles. The van der Waals surface area contributed by atoms with Crippen molar-refractivity contribution in [2.45, 2.75) is 46.0 Å². The van der Waals surface area contributed by atoms with E-state index in [1.165, 1.54) is 0 Å². The summed E-state index contributed by atoms with van der Waals surface area (Å²) in [6.07, 6.45) is -2.17. The summed E-state index contributed by atoms with van der Waals surface area (Å²) in [6.45, 7) is 3.77. The van der Waals surface area contributed by atoms with Crippen molar-refractivity contribution in [1.82, 2.24) is 24.7 Å². The fraction of sp³-hybridized carbons (Fsp3) is 0.571. The van der Waals surface area contributed by atoms with Gasteiger partial charge in [0.25, 0.3) is 0 Å². The van der Waals surface area contributed by atoms with Crippen LogP contribution in [0.1, 0.15) is 29.5 Å². The van der Waals surface area contributed by atoms with E-state index < -0.39 is 12.1 Å². The van der Waals surface area contributed by atoms with Crippen molar-refractivity contribution < 1.29 is 13.2 Å². The fourth-order valence-electron chi connectivity index (χ4n) is 2.65. The Kier molecular flexibility index (Phi) is 3.95. The number of halogens is 3. The van der Waals surface area contributed by atoms with Gasteiger partial charge in [-0.1, -0.05) is 0 Å². The Morgan fingerprint density at radius 2 is 2.09 bits per heavy atom. The van der Waals surface area contributed by atoms with Crippen LogP contribution in [0.15, 0.2) is 6.20 Å². The second-order valence-electron chi connectivity index (χ2n) is 5.72. The topological polar surface area (TPSA) is 68.5 Å². The number of nitrogens with zero attached hydrogens (tertiary/aromatic N) is 5. The molecule has 2 aromatic rings. The molecule has 3 rings (SSSR count). The number of nitrogens with one attached hydrogen (secondary N) is 1. The quantitative estimate of drug-likeness (QED) is 0.938. The molecule has 124 valence electrons. The maximum Gasteiger partial charge on any atom is 0.393 e. The van der Waals surface area contributed by atoms with Gasteiger partial charge in [0.05, 0.1) is 23.9 Å². The average Bonchev–Trinajstić information content (AvgIpc) is 2.89. The Morgan fingerprint density at radius 3 is 2.83 bits per heavy atom. The van der Waals surface area contributed by atoms with E-state index in [0.717, 1.165) is 11.4 Å². The number of aromatic nitrogens is 5. The zero-order chi connectivity index (χ0) is 16.6. The molecule has 1 aliphatic heterocycles. The Hall–Kier alpha value is -2.19. The lowest BCUT2D eigenvalue weighted by molar-refractivity contribution is -0.182. The standard InChI is InChI=1S/C14H17F3N6/c1-8-5-18-9(2)13(20-8)19-6-12-22-21-11-4-3-10(7-23(11)12)14(15,16)17/h5,10H,3-4,6-7H2,1-2H3,(H,19,20). The van der Waals surface area contributed by atoms with E-state index in [2.05, 4.69) is 25.5 Å². The predicted octanol–water partition coefficient (Wildman–Crippen LogP) is 2.42. The van der Waals surface area contributed by atoms with Gasteiger partial charge in [-0.15, -0.1) is 10.2 Å². The minimum atomic E-state index is -4.19. The fourth-order valence-corrected chi connectivity index (χ4v) is 2.65. The number of aryl methyl sites for hydroxylation is 3. The lowest BCUT2D eigenvalue weighted by Crippen LogP contribution is -2.33. The lowest BCUT2D eigenvalue weighted by atomic mass is 9.99. The first kappa shape index (κ1) is 15.7. The summed E-state index contributed by atoms with van der Waals surface area (Å²) in [5.41, 5.74) is 1.49. The van der Waals surface area contributed by atoms with Gasteiger partial charge in [-0.2, -0.15) is 13.2 Å². The van der Waals surface area contributed by atoms with Gasteiger partial charge in [-0.05, 0) is 20.3 Å². The molecule has 6 nitrogen and oxygen atoms in total. The average molecular weight is 326 g/mol. The summed E-state index contributed by atoms with van der Waals surface area (Å²) in [7, 11) is 0. The third kappa shape index (κ3) is 3.27. The van der Waals surface area contributed by atoms with E-state index in [0.29, 0.717) is 23.9 Å². The molecule has 1 atom stereocenters. The minimum Gasteiger partial charge on any atom is -0.361 e. The molecule has 0 saturated heterocycles. The van der Waals surface area contributed by atoms with Crippen molar-refractivity contribution in [3.8, 4) is 0 Å². The second-order valence-corrected chi connectivity index (χ2v) is 5.72. The van der Waals surface area contributed by atoms with Crippen LogP contribution in [0.3, 0.4) is 0 Å². The summed E-state index contributed by atoms with van der Waals surface area (Å²) in [5, 5.41) is 11.1. The number of hydrogen-bond acceptors (Lipinski definition) is 5. The van der Waals surface area contributed by atoms with Gasteiger partial charge in [0.1, 0.15) is 11.6 Å². The Balaban J connectivity index is 1.76. The maximum atomic E-state index is 12.9. The van der Waals surface area contributed by atoms with Gasteiger partial charge >= 0.3 is 6.18 Å². The van der Waals surface area contributed by atoms with Crippen molar-refractivity contribution in [3.05, 3.63) is 29.2 Å². The van der Waals surface area contributed by atoms with Crippen LogP contribution >= 0.6 is 0 Å². The number of fused-ring (bicyclic) bond motifs is 1. The summed E-state index contributed by atoms with van der Waals surface area (Å²) in [4.78, 5) is 8.52. The molecular formula is C14H17F3N6. The normalized spacial score (nSPS) is 17.9. The third-order valence-electron chi connectivity index (χ3n) is 3.98. The monoisotopic (exact) mass is 326 g/mol. The van der Waals surface area contributed by atoms with Crippen molar-refractivity contribution in [1.29, 1.82) is 0 Å². The van der Waals surface area contributed by atoms with Gasteiger partial charge < -0.3 is 9.88 Å². The van der Waals surface area contributed by atoms with Gasteiger partial charge in [0.2, 0.25) is 0 Å². The van der Waals surface area contributed by atoms with Crippen LogP contribution in [0.5, 0.6) is 0 Å². The van der Waals surface area contributed by atoms with E-state index in [9.17, 15) is 13.2 Å². The molecule has 1 unspecified atom stereocenters. The van der Waals surface area contributed by atoms with Crippen LogP contribution < -0.4 is 5.32 Å². The van der Waals surface area contributed by atoms with Gasteiger partial charge in [-0.3, -0.25) is 4.98 Å². The Labute approximate surface area is 131 Å². The van der Waals surface area contributed by atoms with Crippen molar-refractivity contribution in [2.75, 3.05) is 5.32 Å². The van der Waals surface area contributed by atoms with E-state index in [-0.39, 0.29) is 19.5 Å². The van der Waals surface area contributed by atoms with Crippen LogP contribution in [-0.4, -0.2) is 30.9 Å². The highest BCUT2D eigenvalue weighted by molar-refractivity contribution is 5.39. The molecule has 0 amide bonds.